The van der Waals surface area contributed by atoms with Gasteiger partial charge in [-0.2, -0.15) is 0 Å². The molecule has 2 aliphatic rings. The molecule has 0 radical (unpaired) electrons. The first-order valence-electron chi connectivity index (χ1n) is 10.1. The molecule has 2 fully saturated rings. The minimum Gasteiger partial charge on any atom is -0.341 e. The Morgan fingerprint density at radius 3 is 2.48 bits per heavy atom. The van der Waals surface area contributed by atoms with Crippen LogP contribution in [0.2, 0.25) is 5.02 Å². The molecule has 0 N–H and O–H groups in total. The van der Waals surface area contributed by atoms with Gasteiger partial charge in [0.05, 0.1) is 4.91 Å². The van der Waals surface area contributed by atoms with Crippen molar-refractivity contribution in [1.29, 1.82) is 0 Å². The number of halogens is 1. The van der Waals surface area contributed by atoms with Crippen molar-refractivity contribution in [3.8, 4) is 0 Å². The number of carbonyl (C=O) groups is 3. The number of nitrogens with zero attached hydrogens (tertiary/aromatic N) is 2. The lowest BCUT2D eigenvalue weighted by Crippen LogP contribution is -2.44. The smallest absolute Gasteiger partial charge is 0.294 e. The van der Waals surface area contributed by atoms with Crippen molar-refractivity contribution in [3.05, 3.63) is 64.0 Å². The summed E-state index contributed by atoms with van der Waals surface area (Å²) in [4.78, 5) is 43.0. The van der Waals surface area contributed by atoms with Crippen LogP contribution in [0.3, 0.4) is 0 Å². The van der Waals surface area contributed by atoms with Crippen molar-refractivity contribution < 1.29 is 14.4 Å². The summed E-state index contributed by atoms with van der Waals surface area (Å²) in [7, 11) is 0. The molecule has 0 saturated carbocycles. The van der Waals surface area contributed by atoms with E-state index >= 15 is 0 Å². The van der Waals surface area contributed by atoms with Crippen molar-refractivity contribution in [1.82, 2.24) is 9.80 Å². The SMILES string of the molecule is O=C(CN1C(=O)SC(=Cc2ccccc2Sc2ccc(Cl)cc2)C1=O)N1CCCCC1. The second-order valence-corrected chi connectivity index (χ2v) is 9.85. The average molecular weight is 473 g/mol. The number of likely N-dealkylation sites (tertiary alicyclic amines) is 1. The van der Waals surface area contributed by atoms with E-state index in [1.165, 1.54) is 0 Å². The van der Waals surface area contributed by atoms with Crippen LogP contribution in [0.5, 0.6) is 0 Å². The maximum absolute atomic E-state index is 12.9. The van der Waals surface area contributed by atoms with Crippen molar-refractivity contribution in [2.75, 3.05) is 19.6 Å². The van der Waals surface area contributed by atoms with Gasteiger partial charge in [-0.05, 0) is 73.0 Å². The molecule has 0 unspecified atom stereocenters. The molecule has 2 aliphatic heterocycles. The molecule has 0 spiro atoms. The molecule has 0 aromatic heterocycles. The van der Waals surface area contributed by atoms with Crippen LogP contribution < -0.4 is 0 Å². The quantitative estimate of drug-likeness (QED) is 0.535. The first-order valence-corrected chi connectivity index (χ1v) is 12.1. The average Bonchev–Trinajstić information content (AvgIpc) is 3.04. The summed E-state index contributed by atoms with van der Waals surface area (Å²) in [6.07, 6.45) is 4.78. The number of piperidine rings is 1. The summed E-state index contributed by atoms with van der Waals surface area (Å²) >= 11 is 8.40. The normalized spacial score (nSPS) is 18.2. The van der Waals surface area contributed by atoms with Gasteiger partial charge in [-0.15, -0.1) is 0 Å². The molecule has 0 bridgehead atoms. The highest BCUT2D eigenvalue weighted by molar-refractivity contribution is 8.18. The summed E-state index contributed by atoms with van der Waals surface area (Å²) < 4.78 is 0. The summed E-state index contributed by atoms with van der Waals surface area (Å²) in [5.74, 6) is -0.575. The van der Waals surface area contributed by atoms with Crippen LogP contribution in [0.4, 0.5) is 4.79 Å². The fourth-order valence-corrected chi connectivity index (χ4v) is 5.35. The van der Waals surface area contributed by atoms with Crippen molar-refractivity contribution in [2.45, 2.75) is 29.1 Å². The number of thioether (sulfide) groups is 1. The Morgan fingerprint density at radius 1 is 1.03 bits per heavy atom. The van der Waals surface area contributed by atoms with Crippen LogP contribution in [0.1, 0.15) is 24.8 Å². The van der Waals surface area contributed by atoms with E-state index in [2.05, 4.69) is 0 Å². The minimum atomic E-state index is -0.411. The largest absolute Gasteiger partial charge is 0.341 e. The summed E-state index contributed by atoms with van der Waals surface area (Å²) in [5.41, 5.74) is 0.843. The maximum atomic E-state index is 12.9. The number of hydrogen-bond donors (Lipinski definition) is 0. The topological polar surface area (TPSA) is 57.7 Å². The number of carbonyl (C=O) groups excluding carboxylic acids is 3. The molecule has 3 amide bonds. The molecule has 2 saturated heterocycles. The lowest BCUT2D eigenvalue weighted by Gasteiger charge is -2.27. The van der Waals surface area contributed by atoms with Gasteiger partial charge in [-0.3, -0.25) is 19.3 Å². The van der Waals surface area contributed by atoms with Gasteiger partial charge in [0.25, 0.3) is 11.1 Å². The summed E-state index contributed by atoms with van der Waals surface area (Å²) in [5, 5.41) is 0.273. The molecule has 2 aromatic rings. The second kappa shape index (κ2) is 9.94. The van der Waals surface area contributed by atoms with Crippen LogP contribution in [0, 0.1) is 0 Å². The highest BCUT2D eigenvalue weighted by atomic mass is 35.5. The van der Waals surface area contributed by atoms with Crippen LogP contribution in [-0.2, 0) is 9.59 Å². The lowest BCUT2D eigenvalue weighted by molar-refractivity contribution is -0.136. The van der Waals surface area contributed by atoms with E-state index < -0.39 is 11.1 Å². The van der Waals surface area contributed by atoms with Crippen molar-refractivity contribution >= 4 is 58.3 Å². The Hall–Kier alpha value is -2.22. The number of hydrogen-bond acceptors (Lipinski definition) is 5. The Labute approximate surface area is 194 Å². The van der Waals surface area contributed by atoms with Crippen LogP contribution in [-0.4, -0.2) is 46.5 Å². The third-order valence-electron chi connectivity index (χ3n) is 5.12. The number of amides is 3. The zero-order valence-corrected chi connectivity index (χ0v) is 19.1. The van der Waals surface area contributed by atoms with Crippen LogP contribution >= 0.6 is 35.1 Å². The van der Waals surface area contributed by atoms with Gasteiger partial charge in [0, 0.05) is 27.9 Å². The Kier molecular flexibility index (Phi) is 7.05. The van der Waals surface area contributed by atoms with Gasteiger partial charge in [-0.1, -0.05) is 41.6 Å². The predicted octanol–water partition coefficient (Wildman–Crippen LogP) is 5.54. The third kappa shape index (κ3) is 5.34. The third-order valence-corrected chi connectivity index (χ3v) is 7.38. The Bertz CT molecular complexity index is 1030. The number of benzene rings is 2. The van der Waals surface area contributed by atoms with E-state index in [1.54, 1.807) is 22.7 Å². The molecular formula is C23H21ClN2O3S2. The zero-order chi connectivity index (χ0) is 21.8. The highest BCUT2D eigenvalue weighted by Crippen LogP contribution is 2.36. The fraction of sp³-hybridized carbons (Fsp3) is 0.261. The Morgan fingerprint density at radius 2 is 1.74 bits per heavy atom. The lowest BCUT2D eigenvalue weighted by atomic mass is 10.1. The van der Waals surface area contributed by atoms with E-state index in [9.17, 15) is 14.4 Å². The molecule has 2 heterocycles. The highest BCUT2D eigenvalue weighted by Gasteiger charge is 2.37. The van der Waals surface area contributed by atoms with E-state index in [-0.39, 0.29) is 12.5 Å². The molecule has 31 heavy (non-hydrogen) atoms. The van der Waals surface area contributed by atoms with E-state index in [4.69, 9.17) is 11.6 Å². The van der Waals surface area contributed by atoms with Gasteiger partial charge >= 0.3 is 0 Å². The zero-order valence-electron chi connectivity index (χ0n) is 16.8. The first kappa shape index (κ1) is 22.0. The second-order valence-electron chi connectivity index (χ2n) is 7.30. The number of imide groups is 1. The number of rotatable bonds is 5. The van der Waals surface area contributed by atoms with Crippen LogP contribution in [0.25, 0.3) is 6.08 Å². The predicted molar refractivity (Wildman–Crippen MR) is 125 cm³/mol. The molecule has 8 heteroatoms. The van der Waals surface area contributed by atoms with E-state index in [1.807, 2.05) is 48.5 Å². The fourth-order valence-electron chi connectivity index (χ4n) is 3.48. The standard InChI is InChI=1S/C23H21ClN2O3S2/c24-17-8-10-18(11-9-17)30-19-7-3-2-6-16(19)14-20-22(28)26(23(29)31-20)15-21(27)25-12-4-1-5-13-25/h2-3,6-11,14H,1,4-5,12-13,15H2. The molecule has 160 valence electrons. The molecular weight excluding hydrogens is 452 g/mol. The maximum Gasteiger partial charge on any atom is 0.294 e. The van der Waals surface area contributed by atoms with Crippen LogP contribution in [0.15, 0.2) is 63.2 Å². The van der Waals surface area contributed by atoms with E-state index in [0.717, 1.165) is 51.3 Å². The molecule has 0 atom stereocenters. The minimum absolute atomic E-state index is 0.165. The van der Waals surface area contributed by atoms with Gasteiger partial charge in [0.2, 0.25) is 5.91 Å². The Balaban J connectivity index is 1.50. The monoisotopic (exact) mass is 472 g/mol. The van der Waals surface area contributed by atoms with E-state index in [0.29, 0.717) is 23.0 Å². The first-order chi connectivity index (χ1) is 15.0. The van der Waals surface area contributed by atoms with Crippen molar-refractivity contribution in [3.63, 3.8) is 0 Å². The van der Waals surface area contributed by atoms with Gasteiger partial charge in [0.15, 0.2) is 0 Å². The molecule has 5 nitrogen and oxygen atoms in total. The van der Waals surface area contributed by atoms with Gasteiger partial charge < -0.3 is 4.90 Å². The summed E-state index contributed by atoms with van der Waals surface area (Å²) in [6.45, 7) is 1.20. The summed E-state index contributed by atoms with van der Waals surface area (Å²) in [6, 6.07) is 15.2. The molecule has 4 rings (SSSR count). The molecule has 0 aliphatic carbocycles. The van der Waals surface area contributed by atoms with Gasteiger partial charge in [0.1, 0.15) is 6.54 Å². The van der Waals surface area contributed by atoms with Gasteiger partial charge in [-0.25, -0.2) is 0 Å². The molecule has 2 aromatic carbocycles. The van der Waals surface area contributed by atoms with Crippen molar-refractivity contribution in [2.24, 2.45) is 0 Å².